The van der Waals surface area contributed by atoms with Crippen molar-refractivity contribution in [1.29, 1.82) is 0 Å². The summed E-state index contributed by atoms with van der Waals surface area (Å²) in [6, 6.07) is 7.73. The van der Waals surface area contributed by atoms with Crippen LogP contribution in [0.4, 0.5) is 0 Å². The van der Waals surface area contributed by atoms with Gasteiger partial charge >= 0.3 is 0 Å². The maximum atomic E-state index is 10.1. The van der Waals surface area contributed by atoms with E-state index >= 15 is 0 Å². The van der Waals surface area contributed by atoms with Crippen molar-refractivity contribution in [3.05, 3.63) is 29.8 Å². The Balaban J connectivity index is 2.23. The molecule has 0 aliphatic carbocycles. The molecule has 1 saturated heterocycles. The van der Waals surface area contributed by atoms with Crippen LogP contribution in [0.1, 0.15) is 59.1 Å². The van der Waals surface area contributed by atoms with Crippen molar-refractivity contribution in [2.24, 2.45) is 0 Å². The fourth-order valence-corrected chi connectivity index (χ4v) is 2.93. The summed E-state index contributed by atoms with van der Waals surface area (Å²) in [7, 11) is 0. The van der Waals surface area contributed by atoms with Crippen LogP contribution in [-0.4, -0.2) is 22.4 Å². The molecule has 2 rings (SSSR count). The highest BCUT2D eigenvalue weighted by Gasteiger charge is 2.47. The highest BCUT2D eigenvalue weighted by atomic mass is 16.6. The smallest absolute Gasteiger partial charge is 0.130 e. The Morgan fingerprint density at radius 1 is 1.30 bits per heavy atom. The number of hydrogen-bond donors (Lipinski definition) is 1. The summed E-state index contributed by atoms with van der Waals surface area (Å²) < 4.78 is 12.3. The fraction of sp³-hybridized carbons (Fsp3) is 0.647. The summed E-state index contributed by atoms with van der Waals surface area (Å²) in [4.78, 5) is 0. The Morgan fingerprint density at radius 2 is 1.95 bits per heavy atom. The van der Waals surface area contributed by atoms with Crippen molar-refractivity contribution >= 4 is 0 Å². The van der Waals surface area contributed by atoms with Gasteiger partial charge in [-0.05, 0) is 40.2 Å². The Hall–Kier alpha value is -1.06. The van der Waals surface area contributed by atoms with Gasteiger partial charge in [0.05, 0.1) is 11.7 Å². The first-order valence-corrected chi connectivity index (χ1v) is 7.39. The molecule has 1 fully saturated rings. The van der Waals surface area contributed by atoms with E-state index in [1.54, 1.807) is 0 Å². The molecule has 1 aliphatic rings. The highest BCUT2D eigenvalue weighted by molar-refractivity contribution is 5.35. The van der Waals surface area contributed by atoms with Crippen molar-refractivity contribution in [1.82, 2.24) is 0 Å². The number of benzene rings is 1. The van der Waals surface area contributed by atoms with E-state index in [9.17, 15) is 5.11 Å². The van der Waals surface area contributed by atoms with Crippen molar-refractivity contribution in [3.8, 4) is 5.75 Å². The Bertz CT molecular complexity index is 465. The zero-order valence-corrected chi connectivity index (χ0v) is 13.1. The number of hydrogen-bond acceptors (Lipinski definition) is 3. The number of para-hydroxylation sites is 1. The van der Waals surface area contributed by atoms with E-state index in [2.05, 4.69) is 27.7 Å². The molecule has 112 valence electrons. The molecule has 20 heavy (non-hydrogen) atoms. The van der Waals surface area contributed by atoms with Gasteiger partial charge in [0.2, 0.25) is 0 Å². The molecule has 3 heteroatoms. The lowest BCUT2D eigenvalue weighted by atomic mass is 9.96. The lowest BCUT2D eigenvalue weighted by Crippen LogP contribution is -2.37. The minimum atomic E-state index is -0.482. The zero-order valence-electron chi connectivity index (χ0n) is 13.1. The van der Waals surface area contributed by atoms with Crippen molar-refractivity contribution in [2.45, 2.75) is 70.9 Å². The summed E-state index contributed by atoms with van der Waals surface area (Å²) in [6.45, 7) is 10.3. The molecule has 1 heterocycles. The predicted octanol–water partition coefficient (Wildman–Crippen LogP) is 3.85. The monoisotopic (exact) mass is 278 g/mol. The maximum absolute atomic E-state index is 10.1. The molecule has 1 N–H and O–H groups in total. The van der Waals surface area contributed by atoms with Gasteiger partial charge < -0.3 is 14.6 Å². The molecule has 0 saturated carbocycles. The van der Waals surface area contributed by atoms with Gasteiger partial charge in [-0.3, -0.25) is 0 Å². The normalized spacial score (nSPS) is 25.4. The van der Waals surface area contributed by atoms with Crippen LogP contribution in [0.3, 0.4) is 0 Å². The second-order valence-corrected chi connectivity index (χ2v) is 6.74. The summed E-state index contributed by atoms with van der Waals surface area (Å²) in [5, 5.41) is 10.1. The van der Waals surface area contributed by atoms with E-state index < -0.39 is 6.10 Å². The molecule has 0 bridgehead atoms. The van der Waals surface area contributed by atoms with E-state index in [1.165, 1.54) is 0 Å². The zero-order chi connectivity index (χ0) is 15.0. The van der Waals surface area contributed by atoms with E-state index in [0.717, 1.165) is 17.7 Å². The van der Waals surface area contributed by atoms with Gasteiger partial charge in [0, 0.05) is 12.0 Å². The van der Waals surface area contributed by atoms with Gasteiger partial charge in [0.1, 0.15) is 17.5 Å². The van der Waals surface area contributed by atoms with Gasteiger partial charge in [-0.2, -0.15) is 0 Å². The van der Waals surface area contributed by atoms with Crippen LogP contribution in [0.2, 0.25) is 0 Å². The lowest BCUT2D eigenvalue weighted by molar-refractivity contribution is -0.0848. The van der Waals surface area contributed by atoms with E-state index in [-0.39, 0.29) is 17.3 Å². The third-order valence-electron chi connectivity index (χ3n) is 3.93. The number of rotatable bonds is 4. The molecule has 0 spiro atoms. The van der Waals surface area contributed by atoms with Crippen molar-refractivity contribution in [3.63, 3.8) is 0 Å². The van der Waals surface area contributed by atoms with Gasteiger partial charge in [-0.15, -0.1) is 0 Å². The topological polar surface area (TPSA) is 38.7 Å². The summed E-state index contributed by atoms with van der Waals surface area (Å²) >= 11 is 0. The Labute approximate surface area is 121 Å². The minimum absolute atomic E-state index is 0.0114. The first-order valence-electron chi connectivity index (χ1n) is 7.39. The van der Waals surface area contributed by atoms with Crippen LogP contribution in [0.25, 0.3) is 0 Å². The van der Waals surface area contributed by atoms with E-state index in [4.69, 9.17) is 9.47 Å². The molecular formula is C17H26O3. The quantitative estimate of drug-likeness (QED) is 0.909. The van der Waals surface area contributed by atoms with Gasteiger partial charge in [0.25, 0.3) is 0 Å². The molecule has 0 radical (unpaired) electrons. The fourth-order valence-electron chi connectivity index (χ4n) is 2.93. The first kappa shape index (κ1) is 15.3. The number of aliphatic hydroxyl groups is 1. The van der Waals surface area contributed by atoms with Crippen molar-refractivity contribution in [2.75, 3.05) is 0 Å². The molecule has 1 aromatic carbocycles. The average Bonchev–Trinajstić information content (AvgIpc) is 2.57. The molecular weight excluding hydrogens is 252 g/mol. The molecule has 3 nitrogen and oxygen atoms in total. The minimum Gasteiger partial charge on any atom is -0.487 e. The predicted molar refractivity (Wildman–Crippen MR) is 80.0 cm³/mol. The Morgan fingerprint density at radius 3 is 2.50 bits per heavy atom. The van der Waals surface area contributed by atoms with E-state index in [0.29, 0.717) is 6.42 Å². The Kier molecular flexibility index (Phi) is 4.12. The van der Waals surface area contributed by atoms with Crippen molar-refractivity contribution < 1.29 is 14.6 Å². The standard InChI is InChI=1S/C17H26O3/c1-6-13(18)12-9-7-8-10-14(12)19-15-11-16(2,3)20-17(15,4)5/h7-10,13,15,18H,6,11H2,1-5H3. The molecule has 1 aliphatic heterocycles. The largest absolute Gasteiger partial charge is 0.487 e. The van der Waals surface area contributed by atoms with Crippen LogP contribution >= 0.6 is 0 Å². The molecule has 0 aromatic heterocycles. The van der Waals surface area contributed by atoms with Crippen LogP contribution in [-0.2, 0) is 4.74 Å². The number of ether oxygens (including phenoxy) is 2. The average molecular weight is 278 g/mol. The van der Waals surface area contributed by atoms with Crippen LogP contribution < -0.4 is 4.74 Å². The van der Waals surface area contributed by atoms with Gasteiger partial charge in [0.15, 0.2) is 0 Å². The molecule has 2 unspecified atom stereocenters. The third-order valence-corrected chi connectivity index (χ3v) is 3.93. The second kappa shape index (κ2) is 5.38. The first-order chi connectivity index (χ1) is 9.25. The second-order valence-electron chi connectivity index (χ2n) is 6.74. The molecule has 1 aromatic rings. The summed E-state index contributed by atoms with van der Waals surface area (Å²) in [5.74, 6) is 0.765. The highest BCUT2D eigenvalue weighted by Crippen LogP contribution is 2.40. The SMILES string of the molecule is CCC(O)c1ccccc1OC1CC(C)(C)OC1(C)C. The summed E-state index contributed by atoms with van der Waals surface area (Å²) in [5.41, 5.74) is 0.357. The van der Waals surface area contributed by atoms with Crippen LogP contribution in [0.5, 0.6) is 5.75 Å². The summed E-state index contributed by atoms with van der Waals surface area (Å²) in [6.07, 6.45) is 1.03. The number of aliphatic hydroxyl groups excluding tert-OH is 1. The maximum Gasteiger partial charge on any atom is 0.130 e. The van der Waals surface area contributed by atoms with Gasteiger partial charge in [-0.1, -0.05) is 25.1 Å². The molecule has 0 amide bonds. The van der Waals surface area contributed by atoms with Gasteiger partial charge in [-0.25, -0.2) is 0 Å². The van der Waals surface area contributed by atoms with Crippen LogP contribution in [0.15, 0.2) is 24.3 Å². The lowest BCUT2D eigenvalue weighted by Gasteiger charge is -2.28. The van der Waals surface area contributed by atoms with Crippen LogP contribution in [0, 0.1) is 0 Å². The van der Waals surface area contributed by atoms with E-state index in [1.807, 2.05) is 31.2 Å². The molecule has 2 atom stereocenters. The third kappa shape index (κ3) is 3.15.